The van der Waals surface area contributed by atoms with E-state index in [1.54, 1.807) is 13.2 Å². The number of carbonyl (C=O) groups excluding carboxylic acids is 1. The van der Waals surface area contributed by atoms with Crippen LogP contribution in [0.3, 0.4) is 0 Å². The summed E-state index contributed by atoms with van der Waals surface area (Å²) in [7, 11) is 1.63. The number of ether oxygens (including phenoxy) is 1. The maximum absolute atomic E-state index is 12.0. The first-order chi connectivity index (χ1) is 9.22. The Balaban J connectivity index is 1.98. The van der Waals surface area contributed by atoms with E-state index in [1.165, 1.54) is 12.8 Å². The van der Waals surface area contributed by atoms with Crippen molar-refractivity contribution >= 4 is 12.0 Å². The van der Waals surface area contributed by atoms with Crippen molar-refractivity contribution in [2.24, 2.45) is 0 Å². The van der Waals surface area contributed by atoms with Crippen LogP contribution in [0.1, 0.15) is 36.8 Å². The third-order valence-electron chi connectivity index (χ3n) is 3.60. The molecule has 1 aromatic carbocycles. The van der Waals surface area contributed by atoms with Gasteiger partial charge in [0.05, 0.1) is 13.5 Å². The van der Waals surface area contributed by atoms with Crippen LogP contribution >= 0.6 is 0 Å². The minimum Gasteiger partial charge on any atom is -0.496 e. The van der Waals surface area contributed by atoms with E-state index in [9.17, 15) is 4.79 Å². The molecule has 0 radical (unpaired) electrons. The van der Waals surface area contributed by atoms with Crippen LogP contribution in [0.5, 0.6) is 5.75 Å². The van der Waals surface area contributed by atoms with E-state index in [0.29, 0.717) is 12.5 Å². The molecule has 0 atom stereocenters. The minimum atomic E-state index is 0.104. The van der Waals surface area contributed by atoms with Gasteiger partial charge in [-0.15, -0.1) is 0 Å². The first kappa shape index (κ1) is 13.7. The lowest BCUT2D eigenvalue weighted by Gasteiger charge is -2.12. The summed E-state index contributed by atoms with van der Waals surface area (Å²) >= 11 is 0. The second kappa shape index (κ2) is 6.41. The molecule has 3 nitrogen and oxygen atoms in total. The summed E-state index contributed by atoms with van der Waals surface area (Å²) in [6.45, 7) is 3.76. The topological polar surface area (TPSA) is 38.3 Å². The molecule has 0 saturated heterocycles. The van der Waals surface area contributed by atoms with Crippen LogP contribution < -0.4 is 10.1 Å². The van der Waals surface area contributed by atoms with Crippen molar-refractivity contribution in [3.8, 4) is 5.75 Å². The zero-order valence-electron chi connectivity index (χ0n) is 11.4. The highest BCUT2D eigenvalue weighted by Crippen LogP contribution is 2.21. The van der Waals surface area contributed by atoms with Crippen LogP contribution in [0.15, 0.2) is 24.8 Å². The van der Waals surface area contributed by atoms with Crippen LogP contribution in [-0.2, 0) is 11.2 Å². The van der Waals surface area contributed by atoms with Gasteiger partial charge in [-0.2, -0.15) is 0 Å². The van der Waals surface area contributed by atoms with Crippen molar-refractivity contribution in [2.75, 3.05) is 7.11 Å². The zero-order chi connectivity index (χ0) is 13.7. The van der Waals surface area contributed by atoms with Gasteiger partial charge < -0.3 is 10.1 Å². The Kier molecular flexibility index (Phi) is 4.61. The summed E-state index contributed by atoms with van der Waals surface area (Å²) in [6.07, 6.45) is 6.86. The molecule has 0 heterocycles. The highest BCUT2D eigenvalue weighted by molar-refractivity contribution is 5.79. The third-order valence-corrected chi connectivity index (χ3v) is 3.60. The standard InChI is InChI=1S/C16H21NO2/c1-3-13-10-12(8-9-15(13)19-2)11-16(18)17-14-6-4-5-7-14/h3,8-10,14H,1,4-7,11H2,2H3,(H,17,18). The Morgan fingerprint density at radius 1 is 1.47 bits per heavy atom. The lowest BCUT2D eigenvalue weighted by Crippen LogP contribution is -2.33. The van der Waals surface area contributed by atoms with Gasteiger partial charge >= 0.3 is 0 Å². The van der Waals surface area contributed by atoms with Crippen LogP contribution in [0.4, 0.5) is 0 Å². The van der Waals surface area contributed by atoms with Crippen LogP contribution in [0, 0.1) is 0 Å². The van der Waals surface area contributed by atoms with Gasteiger partial charge in [0.1, 0.15) is 5.75 Å². The molecule has 0 bridgehead atoms. The highest BCUT2D eigenvalue weighted by atomic mass is 16.5. The molecular weight excluding hydrogens is 238 g/mol. The SMILES string of the molecule is C=Cc1cc(CC(=O)NC2CCCC2)ccc1OC. The molecule has 0 aliphatic heterocycles. The van der Waals surface area contributed by atoms with Gasteiger partial charge in [-0.25, -0.2) is 0 Å². The van der Waals surface area contributed by atoms with Crippen molar-refractivity contribution in [1.29, 1.82) is 0 Å². The zero-order valence-corrected chi connectivity index (χ0v) is 11.4. The average molecular weight is 259 g/mol. The third kappa shape index (κ3) is 3.60. The smallest absolute Gasteiger partial charge is 0.224 e. The van der Waals surface area contributed by atoms with Crippen LogP contribution in [0.2, 0.25) is 0 Å². The predicted octanol–water partition coefficient (Wildman–Crippen LogP) is 2.94. The van der Waals surface area contributed by atoms with E-state index in [4.69, 9.17) is 4.74 Å². The molecule has 1 aliphatic carbocycles. The molecule has 1 amide bonds. The van der Waals surface area contributed by atoms with E-state index < -0.39 is 0 Å². The number of amides is 1. The average Bonchev–Trinajstić information content (AvgIpc) is 2.91. The van der Waals surface area contributed by atoms with Crippen molar-refractivity contribution in [3.63, 3.8) is 0 Å². The Morgan fingerprint density at radius 2 is 2.21 bits per heavy atom. The molecule has 0 aromatic heterocycles. The second-order valence-electron chi connectivity index (χ2n) is 5.01. The molecule has 0 spiro atoms. The summed E-state index contributed by atoms with van der Waals surface area (Å²) in [5.41, 5.74) is 1.92. The van der Waals surface area contributed by atoms with Crippen molar-refractivity contribution < 1.29 is 9.53 Å². The second-order valence-corrected chi connectivity index (χ2v) is 5.01. The number of hydrogen-bond donors (Lipinski definition) is 1. The number of nitrogens with one attached hydrogen (secondary N) is 1. The van der Waals surface area contributed by atoms with Gasteiger partial charge in [-0.1, -0.05) is 31.6 Å². The van der Waals surface area contributed by atoms with E-state index >= 15 is 0 Å². The molecule has 1 saturated carbocycles. The van der Waals surface area contributed by atoms with E-state index in [1.807, 2.05) is 18.2 Å². The molecule has 1 N–H and O–H groups in total. The van der Waals surface area contributed by atoms with Crippen molar-refractivity contribution in [3.05, 3.63) is 35.9 Å². The highest BCUT2D eigenvalue weighted by Gasteiger charge is 2.17. The number of carbonyl (C=O) groups is 1. The van der Waals surface area contributed by atoms with E-state index in [2.05, 4.69) is 11.9 Å². The normalized spacial score (nSPS) is 15.2. The number of benzene rings is 1. The first-order valence-electron chi connectivity index (χ1n) is 6.81. The van der Waals surface area contributed by atoms with Gasteiger partial charge in [0.25, 0.3) is 0 Å². The molecule has 1 fully saturated rings. The largest absolute Gasteiger partial charge is 0.496 e. The summed E-state index contributed by atoms with van der Waals surface area (Å²) in [5.74, 6) is 0.891. The van der Waals surface area contributed by atoms with E-state index in [-0.39, 0.29) is 5.91 Å². The summed E-state index contributed by atoms with van der Waals surface area (Å²) < 4.78 is 5.23. The minimum absolute atomic E-state index is 0.104. The first-order valence-corrected chi connectivity index (χ1v) is 6.81. The summed E-state index contributed by atoms with van der Waals surface area (Å²) in [6, 6.07) is 6.15. The Bertz CT molecular complexity index is 462. The van der Waals surface area contributed by atoms with Gasteiger partial charge in [0.2, 0.25) is 5.91 Å². The number of methoxy groups -OCH3 is 1. The molecule has 0 unspecified atom stereocenters. The molecular formula is C16H21NO2. The number of hydrogen-bond acceptors (Lipinski definition) is 2. The van der Waals surface area contributed by atoms with Gasteiger partial charge in [-0.05, 0) is 30.5 Å². The lowest BCUT2D eigenvalue weighted by molar-refractivity contribution is -0.121. The Hall–Kier alpha value is -1.77. The van der Waals surface area contributed by atoms with Crippen molar-refractivity contribution in [1.82, 2.24) is 5.32 Å². The van der Waals surface area contributed by atoms with Crippen LogP contribution in [0.25, 0.3) is 6.08 Å². The molecule has 1 aromatic rings. The van der Waals surface area contributed by atoms with Crippen LogP contribution in [-0.4, -0.2) is 19.1 Å². The maximum Gasteiger partial charge on any atom is 0.224 e. The van der Waals surface area contributed by atoms with Gasteiger partial charge in [-0.3, -0.25) is 4.79 Å². The fourth-order valence-electron chi connectivity index (χ4n) is 2.59. The molecule has 3 heteroatoms. The van der Waals surface area contributed by atoms with E-state index in [0.717, 1.165) is 29.7 Å². The molecule has 19 heavy (non-hydrogen) atoms. The quantitative estimate of drug-likeness (QED) is 0.883. The fraction of sp³-hybridized carbons (Fsp3) is 0.438. The Morgan fingerprint density at radius 3 is 2.84 bits per heavy atom. The number of rotatable bonds is 5. The fourth-order valence-corrected chi connectivity index (χ4v) is 2.59. The molecule has 102 valence electrons. The van der Waals surface area contributed by atoms with Gasteiger partial charge in [0.15, 0.2) is 0 Å². The molecule has 1 aliphatic rings. The summed E-state index contributed by atoms with van der Waals surface area (Å²) in [5, 5.41) is 3.10. The molecule has 2 rings (SSSR count). The summed E-state index contributed by atoms with van der Waals surface area (Å²) in [4.78, 5) is 12.0. The van der Waals surface area contributed by atoms with Gasteiger partial charge in [0, 0.05) is 11.6 Å². The Labute approximate surface area is 114 Å². The predicted molar refractivity (Wildman–Crippen MR) is 77.2 cm³/mol. The van der Waals surface area contributed by atoms with Crippen molar-refractivity contribution in [2.45, 2.75) is 38.1 Å². The monoisotopic (exact) mass is 259 g/mol. The maximum atomic E-state index is 12.0. The lowest BCUT2D eigenvalue weighted by atomic mass is 10.1.